The predicted octanol–water partition coefficient (Wildman–Crippen LogP) is 0.920. The maximum atomic E-state index is 11.6. The second-order valence-electron chi connectivity index (χ2n) is 4.67. The molecule has 1 aliphatic heterocycles. The number of anilines is 1. The maximum absolute atomic E-state index is 11.6. The topological polar surface area (TPSA) is 58.1 Å². The fraction of sp³-hybridized carbons (Fsp3) is 0.615. The Balaban J connectivity index is 2.18. The van der Waals surface area contributed by atoms with Crippen LogP contribution in [0.5, 0.6) is 0 Å². The van der Waals surface area contributed by atoms with Gasteiger partial charge in [0.25, 0.3) is 0 Å². The van der Waals surface area contributed by atoms with Crippen LogP contribution in [0.3, 0.4) is 0 Å². The van der Waals surface area contributed by atoms with Crippen LogP contribution < -0.4 is 10.2 Å². The number of nitrogens with zero attached hydrogens (tertiary/aromatic N) is 3. The van der Waals surface area contributed by atoms with Crippen molar-refractivity contribution in [2.24, 2.45) is 5.92 Å². The smallest absolute Gasteiger partial charge is 0.224 e. The van der Waals surface area contributed by atoms with Crippen molar-refractivity contribution in [1.82, 2.24) is 15.3 Å². The molecule has 0 aliphatic carbocycles. The zero-order valence-electron chi connectivity index (χ0n) is 11.2. The largest absolute Gasteiger partial charge is 0.359 e. The summed E-state index contributed by atoms with van der Waals surface area (Å²) in [5.41, 5.74) is 1.15. The summed E-state index contributed by atoms with van der Waals surface area (Å²) >= 11 is 0. The van der Waals surface area contributed by atoms with E-state index in [0.29, 0.717) is 0 Å². The van der Waals surface area contributed by atoms with Crippen molar-refractivity contribution in [3.8, 4) is 0 Å². The highest BCUT2D eigenvalue weighted by Gasteiger charge is 2.29. The van der Waals surface area contributed by atoms with Gasteiger partial charge >= 0.3 is 0 Å². The normalized spacial score (nSPS) is 19.1. The van der Waals surface area contributed by atoms with Gasteiger partial charge in [-0.1, -0.05) is 6.92 Å². The standard InChI is InChI=1S/C13H20N4O/c1-4-10-7-15-9(2)16-12(10)17-6-5-11(8-17)13(18)14-3/h7,11H,4-6,8H2,1-3H3,(H,14,18). The summed E-state index contributed by atoms with van der Waals surface area (Å²) in [7, 11) is 1.69. The monoisotopic (exact) mass is 248 g/mol. The Hall–Kier alpha value is -1.65. The van der Waals surface area contributed by atoms with Gasteiger partial charge in [0.05, 0.1) is 5.92 Å². The average Bonchev–Trinajstić information content (AvgIpc) is 2.87. The van der Waals surface area contributed by atoms with Crippen LogP contribution in [-0.2, 0) is 11.2 Å². The van der Waals surface area contributed by atoms with Crippen molar-refractivity contribution < 1.29 is 4.79 Å². The lowest BCUT2D eigenvalue weighted by atomic mass is 10.1. The number of nitrogens with one attached hydrogen (secondary N) is 1. The van der Waals surface area contributed by atoms with Gasteiger partial charge in [-0.25, -0.2) is 9.97 Å². The molecule has 5 nitrogen and oxygen atoms in total. The van der Waals surface area contributed by atoms with E-state index in [1.165, 1.54) is 0 Å². The fourth-order valence-electron chi connectivity index (χ4n) is 2.38. The zero-order valence-corrected chi connectivity index (χ0v) is 11.2. The van der Waals surface area contributed by atoms with Crippen molar-refractivity contribution in [3.05, 3.63) is 17.6 Å². The number of aromatic nitrogens is 2. The molecule has 2 heterocycles. The molecule has 18 heavy (non-hydrogen) atoms. The van der Waals surface area contributed by atoms with Gasteiger partial charge in [-0.3, -0.25) is 4.79 Å². The van der Waals surface area contributed by atoms with E-state index in [0.717, 1.165) is 43.1 Å². The number of hydrogen-bond donors (Lipinski definition) is 1. The van der Waals surface area contributed by atoms with E-state index in [4.69, 9.17) is 0 Å². The Labute approximate surface area is 108 Å². The summed E-state index contributed by atoms with van der Waals surface area (Å²) in [5.74, 6) is 1.98. The Bertz CT molecular complexity index is 447. The molecule has 1 aromatic heterocycles. The molecule has 0 radical (unpaired) electrons. The van der Waals surface area contributed by atoms with Crippen molar-refractivity contribution in [1.29, 1.82) is 0 Å². The second-order valence-corrected chi connectivity index (χ2v) is 4.67. The van der Waals surface area contributed by atoms with E-state index in [2.05, 4.69) is 27.1 Å². The third-order valence-electron chi connectivity index (χ3n) is 3.45. The van der Waals surface area contributed by atoms with Gasteiger partial charge in [0, 0.05) is 31.9 Å². The summed E-state index contributed by atoms with van der Waals surface area (Å²) in [6.07, 6.45) is 3.70. The number of carbonyl (C=O) groups excluding carboxylic acids is 1. The lowest BCUT2D eigenvalue weighted by Gasteiger charge is -2.20. The van der Waals surface area contributed by atoms with Crippen LogP contribution >= 0.6 is 0 Å². The first kappa shape index (κ1) is 12.8. The third kappa shape index (κ3) is 2.44. The zero-order chi connectivity index (χ0) is 13.1. The lowest BCUT2D eigenvalue weighted by Crippen LogP contribution is -2.30. The van der Waals surface area contributed by atoms with Crippen LogP contribution in [0.4, 0.5) is 5.82 Å². The average molecular weight is 248 g/mol. The van der Waals surface area contributed by atoms with E-state index in [-0.39, 0.29) is 11.8 Å². The molecule has 1 N–H and O–H groups in total. The number of hydrogen-bond acceptors (Lipinski definition) is 4. The highest BCUT2D eigenvalue weighted by molar-refractivity contribution is 5.79. The molecule has 0 bridgehead atoms. The SMILES string of the molecule is CCc1cnc(C)nc1N1CCC(C(=O)NC)C1. The van der Waals surface area contributed by atoms with E-state index in [9.17, 15) is 4.79 Å². The van der Waals surface area contributed by atoms with Crippen LogP contribution in [0.25, 0.3) is 0 Å². The summed E-state index contributed by atoms with van der Waals surface area (Å²) in [5, 5.41) is 2.72. The quantitative estimate of drug-likeness (QED) is 0.864. The van der Waals surface area contributed by atoms with Crippen LogP contribution in [0, 0.1) is 12.8 Å². The second kappa shape index (κ2) is 5.33. The maximum Gasteiger partial charge on any atom is 0.224 e. The Kier molecular flexibility index (Phi) is 3.79. The molecule has 0 saturated carbocycles. The van der Waals surface area contributed by atoms with Gasteiger partial charge in [-0.2, -0.15) is 0 Å². The van der Waals surface area contributed by atoms with Gasteiger partial charge in [0.2, 0.25) is 5.91 Å². The molecule has 1 aliphatic rings. The number of rotatable bonds is 3. The first-order chi connectivity index (χ1) is 8.65. The molecular weight excluding hydrogens is 228 g/mol. The summed E-state index contributed by atoms with van der Waals surface area (Å²) in [6.45, 7) is 5.64. The molecule has 0 spiro atoms. The fourth-order valence-corrected chi connectivity index (χ4v) is 2.38. The molecule has 2 rings (SSSR count). The van der Waals surface area contributed by atoms with Crippen LogP contribution in [0.1, 0.15) is 24.7 Å². The van der Waals surface area contributed by atoms with Gasteiger partial charge < -0.3 is 10.2 Å². The van der Waals surface area contributed by atoms with Crippen molar-refractivity contribution in [2.45, 2.75) is 26.7 Å². The summed E-state index contributed by atoms with van der Waals surface area (Å²) in [4.78, 5) is 22.6. The van der Waals surface area contributed by atoms with Gasteiger partial charge in [0.1, 0.15) is 11.6 Å². The number of amides is 1. The molecule has 98 valence electrons. The molecule has 1 fully saturated rings. The predicted molar refractivity (Wildman–Crippen MR) is 70.5 cm³/mol. The number of aryl methyl sites for hydroxylation is 2. The first-order valence-electron chi connectivity index (χ1n) is 6.44. The van der Waals surface area contributed by atoms with Crippen LogP contribution in [-0.4, -0.2) is 36.0 Å². The van der Waals surface area contributed by atoms with E-state index in [1.54, 1.807) is 7.05 Å². The molecule has 1 saturated heterocycles. The van der Waals surface area contributed by atoms with Crippen molar-refractivity contribution >= 4 is 11.7 Å². The Morgan fingerprint density at radius 2 is 2.39 bits per heavy atom. The molecule has 1 aromatic rings. The van der Waals surface area contributed by atoms with Crippen molar-refractivity contribution in [2.75, 3.05) is 25.0 Å². The minimum absolute atomic E-state index is 0.0787. The molecular formula is C13H20N4O. The van der Waals surface area contributed by atoms with E-state index in [1.807, 2.05) is 13.1 Å². The van der Waals surface area contributed by atoms with Crippen LogP contribution in [0.2, 0.25) is 0 Å². The Morgan fingerprint density at radius 1 is 1.61 bits per heavy atom. The lowest BCUT2D eigenvalue weighted by molar-refractivity contribution is -0.123. The highest BCUT2D eigenvalue weighted by Crippen LogP contribution is 2.25. The highest BCUT2D eigenvalue weighted by atomic mass is 16.1. The van der Waals surface area contributed by atoms with Crippen molar-refractivity contribution in [3.63, 3.8) is 0 Å². The third-order valence-corrected chi connectivity index (χ3v) is 3.45. The first-order valence-corrected chi connectivity index (χ1v) is 6.44. The van der Waals surface area contributed by atoms with Crippen LogP contribution in [0.15, 0.2) is 6.20 Å². The van der Waals surface area contributed by atoms with E-state index >= 15 is 0 Å². The molecule has 1 atom stereocenters. The number of carbonyl (C=O) groups is 1. The molecule has 5 heteroatoms. The molecule has 0 aromatic carbocycles. The molecule has 1 amide bonds. The van der Waals surface area contributed by atoms with Gasteiger partial charge in [-0.15, -0.1) is 0 Å². The minimum atomic E-state index is 0.0787. The van der Waals surface area contributed by atoms with Gasteiger partial charge in [-0.05, 0) is 19.8 Å². The van der Waals surface area contributed by atoms with E-state index < -0.39 is 0 Å². The molecule has 1 unspecified atom stereocenters. The Morgan fingerprint density at radius 3 is 3.06 bits per heavy atom. The summed E-state index contributed by atoms with van der Waals surface area (Å²) in [6, 6.07) is 0. The van der Waals surface area contributed by atoms with Gasteiger partial charge in [0.15, 0.2) is 0 Å². The summed E-state index contributed by atoms with van der Waals surface area (Å²) < 4.78 is 0. The minimum Gasteiger partial charge on any atom is -0.359 e.